The Labute approximate surface area is 172 Å². The van der Waals surface area contributed by atoms with Crippen LogP contribution in [-0.4, -0.2) is 17.4 Å². The van der Waals surface area contributed by atoms with Gasteiger partial charge in [0, 0.05) is 30.3 Å². The molecule has 148 valence electrons. The van der Waals surface area contributed by atoms with Gasteiger partial charge in [-0.25, -0.2) is 0 Å². The first kappa shape index (κ1) is 19.2. The summed E-state index contributed by atoms with van der Waals surface area (Å²) >= 11 is 0. The highest BCUT2D eigenvalue weighted by molar-refractivity contribution is 6.14. The molecule has 0 radical (unpaired) electrons. The van der Waals surface area contributed by atoms with E-state index in [1.807, 2.05) is 29.2 Å². The van der Waals surface area contributed by atoms with E-state index in [0.717, 1.165) is 34.7 Å². The molecule has 0 spiro atoms. The van der Waals surface area contributed by atoms with E-state index in [-0.39, 0.29) is 11.3 Å². The zero-order chi connectivity index (χ0) is 20.6. The number of anilines is 3. The van der Waals surface area contributed by atoms with Gasteiger partial charge in [0.05, 0.1) is 17.8 Å². The van der Waals surface area contributed by atoms with E-state index < -0.39 is 0 Å². The SMILES string of the molecule is CCN(c1ccncc1)c1cccc2c1C(=O)N(c1ccc(C(C)(C)C)cc1)C2. The maximum Gasteiger partial charge on any atom is 0.261 e. The molecule has 2 heterocycles. The molecule has 0 bridgehead atoms. The standard InChI is InChI=1S/C25H27N3O/c1-5-27(21-13-15-26-16-14-21)22-8-6-7-18-17-28(24(29)23(18)22)20-11-9-19(10-12-20)25(2,3)4/h6-16H,5,17H2,1-4H3. The summed E-state index contributed by atoms with van der Waals surface area (Å²) in [6.07, 6.45) is 3.57. The molecule has 4 heteroatoms. The number of nitrogens with zero attached hydrogens (tertiary/aromatic N) is 3. The Kier molecular flexibility index (Phi) is 4.87. The topological polar surface area (TPSA) is 36.4 Å². The average molecular weight is 386 g/mol. The van der Waals surface area contributed by atoms with Crippen LogP contribution in [0.1, 0.15) is 49.2 Å². The Morgan fingerprint density at radius 3 is 2.31 bits per heavy atom. The fraction of sp³-hybridized carbons (Fsp3) is 0.280. The number of hydrogen-bond donors (Lipinski definition) is 0. The number of hydrogen-bond acceptors (Lipinski definition) is 3. The summed E-state index contributed by atoms with van der Waals surface area (Å²) in [6.45, 7) is 10.1. The monoisotopic (exact) mass is 385 g/mol. The third-order valence-electron chi connectivity index (χ3n) is 5.54. The maximum atomic E-state index is 13.4. The van der Waals surface area contributed by atoms with E-state index in [1.54, 1.807) is 12.4 Å². The third kappa shape index (κ3) is 3.51. The van der Waals surface area contributed by atoms with Crippen LogP contribution in [0.4, 0.5) is 17.1 Å². The Morgan fingerprint density at radius 1 is 1.00 bits per heavy atom. The maximum absolute atomic E-state index is 13.4. The number of benzene rings is 2. The van der Waals surface area contributed by atoms with Gasteiger partial charge in [-0.3, -0.25) is 9.78 Å². The second kappa shape index (κ2) is 7.36. The van der Waals surface area contributed by atoms with Gasteiger partial charge in [0.25, 0.3) is 5.91 Å². The van der Waals surface area contributed by atoms with Crippen molar-refractivity contribution in [2.24, 2.45) is 0 Å². The lowest BCUT2D eigenvalue weighted by Gasteiger charge is -2.25. The van der Waals surface area contributed by atoms with Gasteiger partial charge in [0.1, 0.15) is 0 Å². The van der Waals surface area contributed by atoms with Gasteiger partial charge < -0.3 is 9.80 Å². The fourth-order valence-electron chi connectivity index (χ4n) is 3.93. The summed E-state index contributed by atoms with van der Waals surface area (Å²) in [4.78, 5) is 21.6. The zero-order valence-corrected chi connectivity index (χ0v) is 17.5. The lowest BCUT2D eigenvalue weighted by molar-refractivity contribution is 0.0997. The predicted molar refractivity (Wildman–Crippen MR) is 119 cm³/mol. The highest BCUT2D eigenvalue weighted by Gasteiger charge is 2.32. The molecule has 29 heavy (non-hydrogen) atoms. The van der Waals surface area contributed by atoms with E-state index >= 15 is 0 Å². The Balaban J connectivity index is 1.70. The van der Waals surface area contributed by atoms with E-state index in [4.69, 9.17) is 0 Å². The Hall–Kier alpha value is -3.14. The van der Waals surface area contributed by atoms with E-state index in [2.05, 4.69) is 67.9 Å². The van der Waals surface area contributed by atoms with Crippen molar-refractivity contribution in [1.29, 1.82) is 0 Å². The molecule has 0 fully saturated rings. The quantitative estimate of drug-likeness (QED) is 0.578. The average Bonchev–Trinajstić information content (AvgIpc) is 3.06. The van der Waals surface area contributed by atoms with Gasteiger partial charge >= 0.3 is 0 Å². The molecule has 1 aliphatic heterocycles. The molecule has 4 rings (SSSR count). The molecule has 1 aromatic heterocycles. The van der Waals surface area contributed by atoms with Crippen molar-refractivity contribution < 1.29 is 4.79 Å². The molecule has 0 aliphatic carbocycles. The molecule has 2 aromatic carbocycles. The first-order valence-corrected chi connectivity index (χ1v) is 10.1. The fourth-order valence-corrected chi connectivity index (χ4v) is 3.93. The highest BCUT2D eigenvalue weighted by Crippen LogP contribution is 2.37. The van der Waals surface area contributed by atoms with Gasteiger partial charge in [0.2, 0.25) is 0 Å². The first-order chi connectivity index (χ1) is 13.9. The first-order valence-electron chi connectivity index (χ1n) is 10.1. The van der Waals surface area contributed by atoms with Crippen molar-refractivity contribution in [3.8, 4) is 0 Å². The van der Waals surface area contributed by atoms with Crippen LogP contribution in [0, 0.1) is 0 Å². The smallest absolute Gasteiger partial charge is 0.261 e. The van der Waals surface area contributed by atoms with Crippen molar-refractivity contribution in [2.45, 2.75) is 39.7 Å². The number of carbonyl (C=O) groups is 1. The van der Waals surface area contributed by atoms with Crippen LogP contribution >= 0.6 is 0 Å². The van der Waals surface area contributed by atoms with Crippen molar-refractivity contribution >= 4 is 23.0 Å². The Morgan fingerprint density at radius 2 is 1.69 bits per heavy atom. The lowest BCUT2D eigenvalue weighted by atomic mass is 9.87. The van der Waals surface area contributed by atoms with Crippen LogP contribution in [0.15, 0.2) is 67.0 Å². The van der Waals surface area contributed by atoms with E-state index in [9.17, 15) is 4.79 Å². The summed E-state index contributed by atoms with van der Waals surface area (Å²) < 4.78 is 0. The minimum Gasteiger partial charge on any atom is -0.341 e. The van der Waals surface area contributed by atoms with Crippen molar-refractivity contribution in [3.05, 3.63) is 83.7 Å². The second-order valence-electron chi connectivity index (χ2n) is 8.45. The molecule has 1 amide bonds. The molecule has 1 aliphatic rings. The van der Waals surface area contributed by atoms with Crippen LogP contribution in [0.2, 0.25) is 0 Å². The summed E-state index contributed by atoms with van der Waals surface area (Å²) in [6, 6.07) is 18.5. The van der Waals surface area contributed by atoms with Gasteiger partial charge in [-0.15, -0.1) is 0 Å². The van der Waals surface area contributed by atoms with Gasteiger partial charge in [-0.05, 0) is 53.8 Å². The van der Waals surface area contributed by atoms with Crippen molar-refractivity contribution in [2.75, 3.05) is 16.3 Å². The minimum absolute atomic E-state index is 0.0617. The molecule has 0 atom stereocenters. The number of rotatable bonds is 4. The molecule has 3 aromatic rings. The zero-order valence-electron chi connectivity index (χ0n) is 17.5. The number of carbonyl (C=O) groups excluding carboxylic acids is 1. The molecular formula is C25H27N3O. The number of aromatic nitrogens is 1. The Bertz CT molecular complexity index is 1020. The van der Waals surface area contributed by atoms with Crippen LogP contribution in [0.5, 0.6) is 0 Å². The molecule has 0 N–H and O–H groups in total. The molecule has 0 unspecified atom stereocenters. The summed E-state index contributed by atoms with van der Waals surface area (Å²) in [5.41, 5.74) is 6.16. The minimum atomic E-state index is 0.0617. The van der Waals surface area contributed by atoms with E-state index in [1.165, 1.54) is 5.56 Å². The van der Waals surface area contributed by atoms with Crippen LogP contribution in [0.25, 0.3) is 0 Å². The van der Waals surface area contributed by atoms with E-state index in [0.29, 0.717) is 6.54 Å². The second-order valence-corrected chi connectivity index (χ2v) is 8.45. The number of amides is 1. The number of fused-ring (bicyclic) bond motifs is 1. The largest absolute Gasteiger partial charge is 0.341 e. The molecule has 0 saturated carbocycles. The molecule has 0 saturated heterocycles. The van der Waals surface area contributed by atoms with Gasteiger partial charge in [-0.1, -0.05) is 45.0 Å². The number of pyridine rings is 1. The summed E-state index contributed by atoms with van der Waals surface area (Å²) in [7, 11) is 0. The molecule has 4 nitrogen and oxygen atoms in total. The normalized spacial score (nSPS) is 13.5. The van der Waals surface area contributed by atoms with Crippen LogP contribution in [-0.2, 0) is 12.0 Å². The summed E-state index contributed by atoms with van der Waals surface area (Å²) in [5, 5.41) is 0. The summed E-state index contributed by atoms with van der Waals surface area (Å²) in [5.74, 6) is 0.0617. The highest BCUT2D eigenvalue weighted by atomic mass is 16.2. The van der Waals surface area contributed by atoms with Gasteiger partial charge in [0.15, 0.2) is 0 Å². The third-order valence-corrected chi connectivity index (χ3v) is 5.54. The van der Waals surface area contributed by atoms with Crippen LogP contribution in [0.3, 0.4) is 0 Å². The van der Waals surface area contributed by atoms with Crippen molar-refractivity contribution in [1.82, 2.24) is 4.98 Å². The van der Waals surface area contributed by atoms with Crippen molar-refractivity contribution in [3.63, 3.8) is 0 Å². The predicted octanol–water partition coefficient (Wildman–Crippen LogP) is 5.70. The molecular weight excluding hydrogens is 358 g/mol. The van der Waals surface area contributed by atoms with Gasteiger partial charge in [-0.2, -0.15) is 0 Å². The lowest BCUT2D eigenvalue weighted by Crippen LogP contribution is -2.25. The van der Waals surface area contributed by atoms with Crippen LogP contribution < -0.4 is 9.80 Å².